The van der Waals surface area contributed by atoms with Gasteiger partial charge >= 0.3 is 0 Å². The first kappa shape index (κ1) is 11.9. The van der Waals surface area contributed by atoms with E-state index in [1.165, 1.54) is 11.1 Å². The summed E-state index contributed by atoms with van der Waals surface area (Å²) in [6.45, 7) is 4.21. The first-order valence-electron chi connectivity index (χ1n) is 6.59. The highest BCUT2D eigenvalue weighted by Gasteiger charge is 2.06. The maximum absolute atomic E-state index is 4.61. The van der Waals surface area contributed by atoms with Gasteiger partial charge in [-0.05, 0) is 43.0 Å². The number of fused-ring (bicyclic) bond motifs is 1. The number of hydrogen-bond acceptors (Lipinski definition) is 2. The van der Waals surface area contributed by atoms with Crippen LogP contribution in [0, 0.1) is 13.8 Å². The molecule has 0 spiro atoms. The molecule has 2 heterocycles. The van der Waals surface area contributed by atoms with E-state index < -0.39 is 0 Å². The second kappa shape index (κ2) is 4.84. The molecule has 0 aliphatic rings. The first-order valence-corrected chi connectivity index (χ1v) is 6.59. The quantitative estimate of drug-likeness (QED) is 0.716. The van der Waals surface area contributed by atoms with Crippen molar-refractivity contribution in [3.05, 3.63) is 65.1 Å². The predicted octanol–water partition coefficient (Wildman–Crippen LogP) is 3.13. The summed E-state index contributed by atoms with van der Waals surface area (Å²) in [7, 11) is 0. The van der Waals surface area contributed by atoms with E-state index in [1.807, 2.05) is 16.8 Å². The van der Waals surface area contributed by atoms with Gasteiger partial charge in [0.1, 0.15) is 0 Å². The largest absolute Gasteiger partial charge is 0.221 e. The lowest BCUT2D eigenvalue weighted by Gasteiger charge is -2.02. The molecule has 96 valence electrons. The van der Waals surface area contributed by atoms with Crippen LogP contribution in [0.15, 0.2) is 42.6 Å². The van der Waals surface area contributed by atoms with Crippen LogP contribution in [0.4, 0.5) is 0 Å². The second-order valence-electron chi connectivity index (χ2n) is 4.91. The average molecular weight is 251 g/mol. The highest BCUT2D eigenvalue weighted by atomic mass is 15.3. The van der Waals surface area contributed by atoms with Gasteiger partial charge in [0.2, 0.25) is 0 Å². The highest BCUT2D eigenvalue weighted by Crippen LogP contribution is 2.12. The van der Waals surface area contributed by atoms with Gasteiger partial charge in [-0.3, -0.25) is 0 Å². The maximum Gasteiger partial charge on any atom is 0.158 e. The van der Waals surface area contributed by atoms with E-state index in [0.717, 1.165) is 29.9 Å². The summed E-state index contributed by atoms with van der Waals surface area (Å²) >= 11 is 0. The second-order valence-corrected chi connectivity index (χ2v) is 4.91. The Balaban J connectivity index is 1.83. The molecule has 3 rings (SSSR count). The van der Waals surface area contributed by atoms with Crippen LogP contribution in [0.25, 0.3) is 5.65 Å². The molecule has 0 fully saturated rings. The zero-order valence-corrected chi connectivity index (χ0v) is 11.3. The molecule has 0 aliphatic carbocycles. The lowest BCUT2D eigenvalue weighted by molar-refractivity contribution is 0.833. The van der Waals surface area contributed by atoms with Crippen molar-refractivity contribution in [2.24, 2.45) is 0 Å². The molecular weight excluding hydrogens is 234 g/mol. The van der Waals surface area contributed by atoms with Gasteiger partial charge in [-0.15, -0.1) is 0 Å². The number of nitrogens with zero attached hydrogens (tertiary/aromatic N) is 3. The van der Waals surface area contributed by atoms with Crippen molar-refractivity contribution in [3.8, 4) is 0 Å². The fraction of sp³-hybridized carbons (Fsp3) is 0.250. The zero-order valence-electron chi connectivity index (χ0n) is 11.3. The van der Waals surface area contributed by atoms with Crippen LogP contribution in [0.5, 0.6) is 0 Å². The van der Waals surface area contributed by atoms with E-state index in [4.69, 9.17) is 0 Å². The van der Waals surface area contributed by atoms with Crippen LogP contribution in [-0.2, 0) is 12.8 Å². The Morgan fingerprint density at radius 1 is 0.947 bits per heavy atom. The molecule has 0 bridgehead atoms. The van der Waals surface area contributed by atoms with E-state index in [2.05, 4.69) is 54.3 Å². The van der Waals surface area contributed by atoms with Crippen LogP contribution in [-0.4, -0.2) is 14.6 Å². The monoisotopic (exact) mass is 251 g/mol. The molecule has 0 unspecified atom stereocenters. The molecule has 0 amide bonds. The van der Waals surface area contributed by atoms with E-state index in [1.54, 1.807) is 0 Å². The Hall–Kier alpha value is -2.16. The van der Waals surface area contributed by atoms with Crippen molar-refractivity contribution in [2.75, 3.05) is 0 Å². The van der Waals surface area contributed by atoms with Crippen molar-refractivity contribution in [2.45, 2.75) is 26.7 Å². The van der Waals surface area contributed by atoms with E-state index in [0.29, 0.717) is 0 Å². The maximum atomic E-state index is 4.61. The van der Waals surface area contributed by atoms with Gasteiger partial charge in [0.15, 0.2) is 11.5 Å². The Labute approximate surface area is 112 Å². The smallest absolute Gasteiger partial charge is 0.158 e. The van der Waals surface area contributed by atoms with Crippen molar-refractivity contribution in [3.63, 3.8) is 0 Å². The van der Waals surface area contributed by atoms with Crippen LogP contribution in [0.2, 0.25) is 0 Å². The third kappa shape index (κ3) is 2.36. The molecule has 3 aromatic rings. The number of aromatic nitrogens is 3. The fourth-order valence-electron chi connectivity index (χ4n) is 2.33. The van der Waals surface area contributed by atoms with Crippen LogP contribution < -0.4 is 0 Å². The van der Waals surface area contributed by atoms with Crippen LogP contribution >= 0.6 is 0 Å². The summed E-state index contributed by atoms with van der Waals surface area (Å²) in [5, 5.41) is 4.52. The molecule has 0 N–H and O–H groups in total. The van der Waals surface area contributed by atoms with Gasteiger partial charge in [0.25, 0.3) is 0 Å². The van der Waals surface area contributed by atoms with Gasteiger partial charge in [-0.1, -0.05) is 30.3 Å². The van der Waals surface area contributed by atoms with Gasteiger partial charge in [-0.2, -0.15) is 5.10 Å². The number of benzene rings is 1. The van der Waals surface area contributed by atoms with Crippen molar-refractivity contribution in [1.29, 1.82) is 0 Å². The van der Waals surface area contributed by atoms with Gasteiger partial charge in [-0.25, -0.2) is 9.50 Å². The van der Waals surface area contributed by atoms with Gasteiger partial charge < -0.3 is 0 Å². The van der Waals surface area contributed by atoms with Crippen molar-refractivity contribution in [1.82, 2.24) is 14.6 Å². The third-order valence-electron chi connectivity index (χ3n) is 3.48. The molecular formula is C16H17N3. The van der Waals surface area contributed by atoms with Gasteiger partial charge in [0, 0.05) is 12.6 Å². The molecule has 0 radical (unpaired) electrons. The number of hydrogen-bond donors (Lipinski definition) is 0. The number of rotatable bonds is 3. The Morgan fingerprint density at radius 2 is 1.74 bits per heavy atom. The Bertz CT molecular complexity index is 713. The standard InChI is InChI=1S/C16H17N3/c1-12-6-3-4-8-14(12)9-10-15-17-16-13(2)7-5-11-19(16)18-15/h3-8,11H,9-10H2,1-2H3. The highest BCUT2D eigenvalue weighted by molar-refractivity contribution is 5.45. The van der Waals surface area contributed by atoms with Crippen molar-refractivity contribution >= 4 is 5.65 Å². The number of pyridine rings is 1. The Morgan fingerprint density at radius 3 is 2.53 bits per heavy atom. The molecule has 0 aliphatic heterocycles. The molecule has 1 aromatic carbocycles. The molecule has 0 atom stereocenters. The lowest BCUT2D eigenvalue weighted by atomic mass is 10.0. The molecule has 0 saturated carbocycles. The van der Waals surface area contributed by atoms with E-state index in [9.17, 15) is 0 Å². The van der Waals surface area contributed by atoms with Crippen LogP contribution in [0.1, 0.15) is 22.5 Å². The summed E-state index contributed by atoms with van der Waals surface area (Å²) in [4.78, 5) is 4.61. The summed E-state index contributed by atoms with van der Waals surface area (Å²) in [5.41, 5.74) is 4.83. The lowest BCUT2D eigenvalue weighted by Crippen LogP contribution is -1.96. The minimum Gasteiger partial charge on any atom is -0.221 e. The minimum atomic E-state index is 0.881. The minimum absolute atomic E-state index is 0.881. The molecule has 3 nitrogen and oxygen atoms in total. The summed E-state index contributed by atoms with van der Waals surface area (Å²) in [5.74, 6) is 0.914. The summed E-state index contributed by atoms with van der Waals surface area (Å²) in [6, 6.07) is 12.6. The average Bonchev–Trinajstić information content (AvgIpc) is 2.82. The van der Waals surface area contributed by atoms with E-state index in [-0.39, 0.29) is 0 Å². The van der Waals surface area contributed by atoms with E-state index >= 15 is 0 Å². The first-order chi connectivity index (χ1) is 9.24. The summed E-state index contributed by atoms with van der Waals surface area (Å²) in [6.07, 6.45) is 3.82. The summed E-state index contributed by atoms with van der Waals surface area (Å²) < 4.78 is 1.86. The van der Waals surface area contributed by atoms with Gasteiger partial charge in [0.05, 0.1) is 0 Å². The number of aryl methyl sites for hydroxylation is 4. The van der Waals surface area contributed by atoms with Crippen LogP contribution in [0.3, 0.4) is 0 Å². The SMILES string of the molecule is Cc1ccccc1CCc1nc2c(C)cccn2n1. The molecule has 19 heavy (non-hydrogen) atoms. The predicted molar refractivity (Wildman–Crippen MR) is 76.3 cm³/mol. The zero-order chi connectivity index (χ0) is 13.2. The molecule has 0 saturated heterocycles. The normalized spacial score (nSPS) is 11.1. The third-order valence-corrected chi connectivity index (χ3v) is 3.48. The Kier molecular flexibility index (Phi) is 3.03. The topological polar surface area (TPSA) is 30.2 Å². The van der Waals surface area contributed by atoms with Crippen molar-refractivity contribution < 1.29 is 0 Å². The molecule has 3 heteroatoms. The fourth-order valence-corrected chi connectivity index (χ4v) is 2.33. The molecule has 2 aromatic heterocycles.